The van der Waals surface area contributed by atoms with Crippen molar-refractivity contribution in [3.05, 3.63) is 12.2 Å². The van der Waals surface area contributed by atoms with E-state index in [1.54, 1.807) is 40.7 Å². The zero-order valence-electron chi connectivity index (χ0n) is 14.3. The van der Waals surface area contributed by atoms with Gasteiger partial charge in [-0.05, 0) is 40.7 Å². The predicted molar refractivity (Wildman–Crippen MR) is 80.5 cm³/mol. The second kappa shape index (κ2) is 6.86. The van der Waals surface area contributed by atoms with Crippen LogP contribution in [0, 0.1) is 0 Å². The Morgan fingerprint density at radius 1 is 1.26 bits per heavy atom. The number of esters is 1. The number of aliphatic hydroxyl groups excluding tert-OH is 1. The number of carbonyl (C=O) groups is 1. The van der Waals surface area contributed by atoms with Gasteiger partial charge in [-0.15, -0.1) is 0 Å². The first-order chi connectivity index (χ1) is 10.6. The molecule has 0 amide bonds. The summed E-state index contributed by atoms with van der Waals surface area (Å²) in [5.74, 6) is -2.07. The molecule has 0 saturated carbocycles. The van der Waals surface area contributed by atoms with Crippen LogP contribution in [0.25, 0.3) is 0 Å². The summed E-state index contributed by atoms with van der Waals surface area (Å²) >= 11 is 0. The molecule has 0 aromatic heterocycles. The van der Waals surface area contributed by atoms with Crippen LogP contribution < -0.4 is 0 Å². The van der Waals surface area contributed by atoms with Crippen LogP contribution in [-0.2, 0) is 28.5 Å². The predicted octanol–water partition coefficient (Wildman–Crippen LogP) is 1.14. The van der Waals surface area contributed by atoms with Gasteiger partial charge in [-0.2, -0.15) is 0 Å². The Hall–Kier alpha value is -0.990. The van der Waals surface area contributed by atoms with Crippen molar-refractivity contribution in [3.8, 4) is 0 Å². The van der Waals surface area contributed by atoms with E-state index >= 15 is 0 Å². The van der Waals surface area contributed by atoms with Gasteiger partial charge in [0.2, 0.25) is 0 Å². The van der Waals surface area contributed by atoms with E-state index in [1.165, 1.54) is 6.08 Å². The molecule has 2 heterocycles. The van der Waals surface area contributed by atoms with Crippen LogP contribution in [0.2, 0.25) is 0 Å². The minimum atomic E-state index is -0.949. The molecule has 0 bridgehead atoms. The van der Waals surface area contributed by atoms with Crippen molar-refractivity contribution in [2.24, 2.45) is 0 Å². The highest BCUT2D eigenvalue weighted by Crippen LogP contribution is 2.34. The Morgan fingerprint density at radius 2 is 1.96 bits per heavy atom. The fourth-order valence-electron chi connectivity index (χ4n) is 2.69. The average Bonchev–Trinajstić information content (AvgIpc) is 2.95. The molecule has 0 aromatic rings. The molecule has 0 aliphatic carbocycles. The second-order valence-corrected chi connectivity index (χ2v) is 6.53. The standard InChI is InChI=1S/C16H26O7/c1-6-19-12(17)8-7-10-14(23-16(4,5)21-10)13(18)11-9-20-15(2,3)22-11/h7-8,10-11,13-14,18H,6,9H2,1-5H3/t10-,11-,13-,14-/m1/s1. The third-order valence-electron chi connectivity index (χ3n) is 3.62. The lowest BCUT2D eigenvalue weighted by atomic mass is 10.0. The summed E-state index contributed by atoms with van der Waals surface area (Å²) in [7, 11) is 0. The summed E-state index contributed by atoms with van der Waals surface area (Å²) < 4.78 is 27.5. The maximum absolute atomic E-state index is 11.5. The molecule has 0 aromatic carbocycles. The summed E-state index contributed by atoms with van der Waals surface area (Å²) in [6.07, 6.45) is 0.104. The van der Waals surface area contributed by atoms with Gasteiger partial charge in [0.15, 0.2) is 11.6 Å². The van der Waals surface area contributed by atoms with Crippen LogP contribution in [0.5, 0.6) is 0 Å². The molecular formula is C16H26O7. The molecule has 2 rings (SSSR count). The van der Waals surface area contributed by atoms with Crippen LogP contribution >= 0.6 is 0 Å². The van der Waals surface area contributed by atoms with E-state index in [2.05, 4.69) is 0 Å². The summed E-state index contributed by atoms with van der Waals surface area (Å²) in [6, 6.07) is 0. The van der Waals surface area contributed by atoms with E-state index in [-0.39, 0.29) is 6.61 Å². The van der Waals surface area contributed by atoms with Crippen molar-refractivity contribution in [1.29, 1.82) is 0 Å². The Morgan fingerprint density at radius 3 is 2.52 bits per heavy atom. The first-order valence-electron chi connectivity index (χ1n) is 7.84. The fourth-order valence-corrected chi connectivity index (χ4v) is 2.69. The number of hydrogen-bond acceptors (Lipinski definition) is 7. The van der Waals surface area contributed by atoms with Gasteiger partial charge in [0.25, 0.3) is 0 Å². The zero-order chi connectivity index (χ0) is 17.3. The van der Waals surface area contributed by atoms with Gasteiger partial charge in [0.1, 0.15) is 24.4 Å². The maximum Gasteiger partial charge on any atom is 0.330 e. The van der Waals surface area contributed by atoms with E-state index in [0.29, 0.717) is 6.61 Å². The lowest BCUT2D eigenvalue weighted by Crippen LogP contribution is -2.44. The maximum atomic E-state index is 11.5. The van der Waals surface area contributed by atoms with Gasteiger partial charge in [-0.25, -0.2) is 4.79 Å². The molecule has 1 N–H and O–H groups in total. The summed E-state index contributed by atoms with van der Waals surface area (Å²) in [6.45, 7) is 9.37. The van der Waals surface area contributed by atoms with Gasteiger partial charge < -0.3 is 28.8 Å². The molecule has 2 saturated heterocycles. The minimum absolute atomic E-state index is 0.267. The Bertz CT molecular complexity index is 457. The van der Waals surface area contributed by atoms with Gasteiger partial charge in [0.05, 0.1) is 13.2 Å². The molecule has 23 heavy (non-hydrogen) atoms. The van der Waals surface area contributed by atoms with Crippen molar-refractivity contribution in [2.45, 2.75) is 70.6 Å². The SMILES string of the molecule is CCOC(=O)C=C[C@H]1OC(C)(C)O[C@H]1[C@H](O)[C@H]1COC(C)(C)O1. The summed E-state index contributed by atoms with van der Waals surface area (Å²) in [5, 5.41) is 10.6. The lowest BCUT2D eigenvalue weighted by Gasteiger charge is -2.26. The number of carbonyl (C=O) groups excluding carboxylic acids is 1. The van der Waals surface area contributed by atoms with E-state index < -0.39 is 42.0 Å². The number of ether oxygens (including phenoxy) is 5. The highest BCUT2D eigenvalue weighted by Gasteiger charge is 2.49. The molecule has 2 aliphatic heterocycles. The van der Waals surface area contributed by atoms with E-state index in [0.717, 1.165) is 0 Å². The molecule has 0 spiro atoms. The third-order valence-corrected chi connectivity index (χ3v) is 3.62. The van der Waals surface area contributed by atoms with E-state index in [4.69, 9.17) is 23.7 Å². The van der Waals surface area contributed by atoms with E-state index in [1.807, 2.05) is 0 Å². The van der Waals surface area contributed by atoms with Crippen LogP contribution in [-0.4, -0.2) is 60.3 Å². The van der Waals surface area contributed by atoms with E-state index in [9.17, 15) is 9.90 Å². The van der Waals surface area contributed by atoms with Crippen molar-refractivity contribution >= 4 is 5.97 Å². The molecule has 7 heteroatoms. The Kier molecular flexibility index (Phi) is 5.48. The average molecular weight is 330 g/mol. The summed E-state index contributed by atoms with van der Waals surface area (Å²) in [5.41, 5.74) is 0. The van der Waals surface area contributed by atoms with Crippen molar-refractivity contribution < 1.29 is 33.6 Å². The van der Waals surface area contributed by atoms with Gasteiger partial charge in [-0.1, -0.05) is 0 Å². The van der Waals surface area contributed by atoms with Gasteiger partial charge in [-0.3, -0.25) is 0 Å². The molecule has 2 fully saturated rings. The highest BCUT2D eigenvalue weighted by molar-refractivity contribution is 5.81. The number of aliphatic hydroxyl groups is 1. The fraction of sp³-hybridized carbons (Fsp3) is 0.812. The molecular weight excluding hydrogens is 304 g/mol. The van der Waals surface area contributed by atoms with Gasteiger partial charge >= 0.3 is 5.97 Å². The van der Waals surface area contributed by atoms with Crippen LogP contribution in [0.15, 0.2) is 12.2 Å². The molecule has 0 unspecified atom stereocenters. The van der Waals surface area contributed by atoms with Crippen molar-refractivity contribution in [2.75, 3.05) is 13.2 Å². The third kappa shape index (κ3) is 4.74. The topological polar surface area (TPSA) is 83.5 Å². The smallest absolute Gasteiger partial charge is 0.330 e. The van der Waals surface area contributed by atoms with Gasteiger partial charge in [0, 0.05) is 6.08 Å². The molecule has 4 atom stereocenters. The highest BCUT2D eigenvalue weighted by atomic mass is 16.8. The zero-order valence-corrected chi connectivity index (χ0v) is 14.3. The molecule has 0 radical (unpaired) electrons. The second-order valence-electron chi connectivity index (χ2n) is 6.53. The van der Waals surface area contributed by atoms with Crippen molar-refractivity contribution in [1.82, 2.24) is 0 Å². The van der Waals surface area contributed by atoms with Crippen LogP contribution in [0.1, 0.15) is 34.6 Å². The minimum Gasteiger partial charge on any atom is -0.463 e. The Balaban J connectivity index is 2.06. The normalized spacial score (nSPS) is 33.9. The molecule has 132 valence electrons. The van der Waals surface area contributed by atoms with Crippen molar-refractivity contribution in [3.63, 3.8) is 0 Å². The first-order valence-corrected chi connectivity index (χ1v) is 7.84. The quantitative estimate of drug-likeness (QED) is 0.598. The first kappa shape index (κ1) is 18.4. The molecule has 7 nitrogen and oxygen atoms in total. The number of rotatable bonds is 5. The lowest BCUT2D eigenvalue weighted by molar-refractivity contribution is -0.178. The Labute approximate surface area is 136 Å². The van der Waals surface area contributed by atoms with Crippen LogP contribution in [0.3, 0.4) is 0 Å². The monoisotopic (exact) mass is 330 g/mol. The van der Waals surface area contributed by atoms with Crippen LogP contribution in [0.4, 0.5) is 0 Å². The largest absolute Gasteiger partial charge is 0.463 e. The summed E-state index contributed by atoms with van der Waals surface area (Å²) in [4.78, 5) is 11.5. The number of hydrogen-bond donors (Lipinski definition) is 1. The molecule has 2 aliphatic rings.